The number of nitrogens with zero attached hydrogens (tertiary/aromatic N) is 1. The van der Waals surface area contributed by atoms with Crippen molar-refractivity contribution in [1.29, 1.82) is 0 Å². The van der Waals surface area contributed by atoms with Gasteiger partial charge in [-0.2, -0.15) is 0 Å². The molecule has 0 amide bonds. The summed E-state index contributed by atoms with van der Waals surface area (Å²) in [5.41, 5.74) is -0.0880. The molecule has 1 rings (SSSR count). The Morgan fingerprint density at radius 3 is 2.73 bits per heavy atom. The van der Waals surface area contributed by atoms with E-state index >= 15 is 0 Å². The van der Waals surface area contributed by atoms with Crippen molar-refractivity contribution in [3.05, 3.63) is 33.3 Å². The maximum Gasteiger partial charge on any atom is 0.274 e. The van der Waals surface area contributed by atoms with Crippen LogP contribution < -0.4 is 4.74 Å². The first-order valence-corrected chi connectivity index (χ1v) is 4.58. The third-order valence-electron chi connectivity index (χ3n) is 1.62. The molecule has 1 aromatic rings. The summed E-state index contributed by atoms with van der Waals surface area (Å²) in [5.74, 6) is 0.367. The average molecular weight is 232 g/mol. The molecule has 15 heavy (non-hydrogen) atoms. The van der Waals surface area contributed by atoms with E-state index in [1.54, 1.807) is 7.11 Å². The molecule has 1 aromatic carbocycles. The Kier molecular flexibility index (Phi) is 4.33. The van der Waals surface area contributed by atoms with Crippen molar-refractivity contribution in [3.8, 4) is 5.75 Å². The van der Waals surface area contributed by atoms with E-state index < -0.39 is 4.92 Å². The fourth-order valence-corrected chi connectivity index (χ4v) is 1.20. The van der Waals surface area contributed by atoms with Crippen LogP contribution in [0.25, 0.3) is 0 Å². The van der Waals surface area contributed by atoms with E-state index in [1.165, 1.54) is 18.2 Å². The molecule has 0 bridgehead atoms. The van der Waals surface area contributed by atoms with Gasteiger partial charge >= 0.3 is 0 Å². The summed E-state index contributed by atoms with van der Waals surface area (Å²) in [6.45, 7) is 0.744. The molecule has 0 aromatic heterocycles. The van der Waals surface area contributed by atoms with Crippen LogP contribution in [0.5, 0.6) is 5.75 Å². The molecular formula is C9H10ClNO4. The van der Waals surface area contributed by atoms with Crippen LogP contribution in [0.3, 0.4) is 0 Å². The van der Waals surface area contributed by atoms with Gasteiger partial charge in [-0.25, -0.2) is 0 Å². The van der Waals surface area contributed by atoms with E-state index in [2.05, 4.69) is 0 Å². The zero-order valence-electron chi connectivity index (χ0n) is 8.10. The van der Waals surface area contributed by atoms with Gasteiger partial charge in [-0.1, -0.05) is 11.6 Å². The molecule has 6 heteroatoms. The highest BCUT2D eigenvalue weighted by Crippen LogP contribution is 2.25. The van der Waals surface area contributed by atoms with Gasteiger partial charge in [0.05, 0.1) is 22.6 Å². The number of rotatable bonds is 5. The Balaban J connectivity index is 2.75. The van der Waals surface area contributed by atoms with Gasteiger partial charge < -0.3 is 9.47 Å². The van der Waals surface area contributed by atoms with Crippen LogP contribution in [0, 0.1) is 10.1 Å². The van der Waals surface area contributed by atoms with Crippen molar-refractivity contribution < 1.29 is 14.4 Å². The Hall–Kier alpha value is -1.33. The van der Waals surface area contributed by atoms with Crippen LogP contribution in [-0.4, -0.2) is 25.2 Å². The SMILES string of the molecule is COCCOc1cc(Cl)cc([N+](=O)[O-])c1. The molecule has 5 nitrogen and oxygen atoms in total. The fraction of sp³-hybridized carbons (Fsp3) is 0.333. The van der Waals surface area contributed by atoms with Crippen molar-refractivity contribution >= 4 is 17.3 Å². The first kappa shape index (κ1) is 11.7. The summed E-state index contributed by atoms with van der Waals surface area (Å²) in [4.78, 5) is 9.98. The highest BCUT2D eigenvalue weighted by molar-refractivity contribution is 6.30. The van der Waals surface area contributed by atoms with Crippen LogP contribution in [0.1, 0.15) is 0 Å². The summed E-state index contributed by atoms with van der Waals surface area (Å²) < 4.78 is 9.98. The van der Waals surface area contributed by atoms with Crippen LogP contribution in [0.2, 0.25) is 5.02 Å². The lowest BCUT2D eigenvalue weighted by Gasteiger charge is -2.05. The Morgan fingerprint density at radius 1 is 1.40 bits per heavy atom. The molecule has 0 saturated heterocycles. The highest BCUT2D eigenvalue weighted by atomic mass is 35.5. The molecule has 0 radical (unpaired) electrons. The number of benzene rings is 1. The zero-order valence-corrected chi connectivity index (χ0v) is 8.86. The minimum absolute atomic E-state index is 0.0880. The first-order valence-electron chi connectivity index (χ1n) is 4.20. The third kappa shape index (κ3) is 3.73. The van der Waals surface area contributed by atoms with E-state index in [1.807, 2.05) is 0 Å². The standard InChI is InChI=1S/C9H10ClNO4/c1-14-2-3-15-9-5-7(10)4-8(6-9)11(12)13/h4-6H,2-3H2,1H3. The van der Waals surface area contributed by atoms with Crippen molar-refractivity contribution in [3.63, 3.8) is 0 Å². The predicted molar refractivity (Wildman–Crippen MR) is 55.5 cm³/mol. The molecular weight excluding hydrogens is 222 g/mol. The van der Waals surface area contributed by atoms with Crippen LogP contribution in [-0.2, 0) is 4.74 Å². The van der Waals surface area contributed by atoms with E-state index in [0.717, 1.165) is 0 Å². The Bertz CT molecular complexity index is 356. The average Bonchev–Trinajstić information content (AvgIpc) is 2.17. The second-order valence-electron chi connectivity index (χ2n) is 2.74. The normalized spacial score (nSPS) is 10.0. The van der Waals surface area contributed by atoms with E-state index in [4.69, 9.17) is 21.1 Å². The molecule has 0 atom stereocenters. The molecule has 0 saturated carbocycles. The highest BCUT2D eigenvalue weighted by Gasteiger charge is 2.09. The van der Waals surface area contributed by atoms with Crippen molar-refractivity contribution in [2.75, 3.05) is 20.3 Å². The van der Waals surface area contributed by atoms with Gasteiger partial charge in [0.1, 0.15) is 12.4 Å². The number of methoxy groups -OCH3 is 1. The second-order valence-corrected chi connectivity index (χ2v) is 3.18. The van der Waals surface area contributed by atoms with Crippen molar-refractivity contribution in [2.24, 2.45) is 0 Å². The minimum atomic E-state index is -0.519. The number of nitro benzene ring substituents is 1. The number of nitro groups is 1. The number of hydrogen-bond acceptors (Lipinski definition) is 4. The first-order chi connectivity index (χ1) is 7.13. The number of ether oxygens (including phenoxy) is 2. The van der Waals surface area contributed by atoms with E-state index in [-0.39, 0.29) is 10.7 Å². The monoisotopic (exact) mass is 231 g/mol. The Morgan fingerprint density at radius 2 is 2.13 bits per heavy atom. The molecule has 0 spiro atoms. The van der Waals surface area contributed by atoms with Crippen LogP contribution in [0.4, 0.5) is 5.69 Å². The lowest BCUT2D eigenvalue weighted by atomic mass is 10.3. The quantitative estimate of drug-likeness (QED) is 0.443. The van der Waals surface area contributed by atoms with Crippen LogP contribution >= 0.6 is 11.6 Å². The van der Waals surface area contributed by atoms with Crippen molar-refractivity contribution in [2.45, 2.75) is 0 Å². The van der Waals surface area contributed by atoms with Gasteiger partial charge in [-0.05, 0) is 6.07 Å². The molecule has 82 valence electrons. The second kappa shape index (κ2) is 5.53. The molecule has 0 unspecified atom stereocenters. The topological polar surface area (TPSA) is 61.6 Å². The zero-order chi connectivity index (χ0) is 11.3. The van der Waals surface area contributed by atoms with Gasteiger partial charge in [-0.3, -0.25) is 10.1 Å². The molecule has 0 aliphatic carbocycles. The van der Waals surface area contributed by atoms with E-state index in [9.17, 15) is 10.1 Å². The number of halogens is 1. The minimum Gasteiger partial charge on any atom is -0.491 e. The maximum absolute atomic E-state index is 10.5. The molecule has 0 aliphatic rings. The van der Waals surface area contributed by atoms with Crippen molar-refractivity contribution in [1.82, 2.24) is 0 Å². The van der Waals surface area contributed by atoms with Crippen LogP contribution in [0.15, 0.2) is 18.2 Å². The third-order valence-corrected chi connectivity index (χ3v) is 1.84. The van der Waals surface area contributed by atoms with Gasteiger partial charge in [-0.15, -0.1) is 0 Å². The lowest BCUT2D eigenvalue weighted by Crippen LogP contribution is -2.04. The lowest BCUT2D eigenvalue weighted by molar-refractivity contribution is -0.384. The van der Waals surface area contributed by atoms with Gasteiger partial charge in [0.25, 0.3) is 5.69 Å². The fourth-order valence-electron chi connectivity index (χ4n) is 0.980. The smallest absolute Gasteiger partial charge is 0.274 e. The largest absolute Gasteiger partial charge is 0.491 e. The number of hydrogen-bond donors (Lipinski definition) is 0. The summed E-state index contributed by atoms with van der Waals surface area (Å²) in [5, 5.41) is 10.8. The predicted octanol–water partition coefficient (Wildman–Crippen LogP) is 2.27. The van der Waals surface area contributed by atoms with Gasteiger partial charge in [0.2, 0.25) is 0 Å². The summed E-state index contributed by atoms with van der Waals surface area (Å²) in [7, 11) is 1.55. The summed E-state index contributed by atoms with van der Waals surface area (Å²) in [6, 6.07) is 4.11. The summed E-state index contributed by atoms with van der Waals surface area (Å²) in [6.07, 6.45) is 0. The molecule has 0 aliphatic heterocycles. The Labute approximate surface area is 91.7 Å². The number of non-ortho nitro benzene ring substituents is 1. The molecule has 0 heterocycles. The molecule has 0 fully saturated rings. The van der Waals surface area contributed by atoms with E-state index in [0.29, 0.717) is 19.0 Å². The molecule has 0 N–H and O–H groups in total. The summed E-state index contributed by atoms with van der Waals surface area (Å²) >= 11 is 5.69. The maximum atomic E-state index is 10.5. The van der Waals surface area contributed by atoms with Gasteiger partial charge in [0.15, 0.2) is 0 Å². The van der Waals surface area contributed by atoms with Gasteiger partial charge in [0, 0.05) is 13.2 Å².